The number of aliphatic carboxylic acids is 1. The number of phenols is 1. The van der Waals surface area contributed by atoms with Gasteiger partial charge in [-0.3, -0.25) is 4.79 Å². The average molecular weight is 428 g/mol. The zero-order valence-electron chi connectivity index (χ0n) is 13.4. The number of aromatic hydroxyl groups is 1. The van der Waals surface area contributed by atoms with Crippen LogP contribution < -0.4 is 4.72 Å². The van der Waals surface area contributed by atoms with E-state index in [4.69, 9.17) is 0 Å². The van der Waals surface area contributed by atoms with Crippen molar-refractivity contribution >= 4 is 31.9 Å². The number of phenolic OH excluding ortho intramolecular Hbond substituents is 1. The molecule has 2 unspecified atom stereocenters. The summed E-state index contributed by atoms with van der Waals surface area (Å²) in [6.45, 7) is 1.78. The minimum atomic E-state index is -4.03. The highest BCUT2D eigenvalue weighted by atomic mass is 79.9. The third-order valence-electron chi connectivity index (χ3n) is 3.84. The number of halogens is 1. The van der Waals surface area contributed by atoms with Gasteiger partial charge in [0.05, 0.1) is 4.90 Å². The smallest absolute Gasteiger partial charge is 0.322 e. The monoisotopic (exact) mass is 427 g/mol. The number of hydrogen-bond acceptors (Lipinski definition) is 4. The van der Waals surface area contributed by atoms with Gasteiger partial charge in [-0.1, -0.05) is 31.2 Å². The molecule has 0 heterocycles. The number of carboxylic acid groups (broad SMARTS) is 1. The van der Waals surface area contributed by atoms with Crippen LogP contribution in [0.15, 0.2) is 57.9 Å². The third-order valence-corrected chi connectivity index (χ3v) is 6.29. The van der Waals surface area contributed by atoms with E-state index in [9.17, 15) is 23.4 Å². The van der Waals surface area contributed by atoms with E-state index in [2.05, 4.69) is 20.7 Å². The molecule has 2 rings (SSSR count). The maximum atomic E-state index is 12.6. The molecule has 0 aliphatic carbocycles. The van der Waals surface area contributed by atoms with Gasteiger partial charge in [0.2, 0.25) is 10.0 Å². The second-order valence-electron chi connectivity index (χ2n) is 5.47. The fraction of sp³-hybridized carbons (Fsp3) is 0.235. The van der Waals surface area contributed by atoms with Crippen molar-refractivity contribution in [2.24, 2.45) is 0 Å². The summed E-state index contributed by atoms with van der Waals surface area (Å²) in [4.78, 5) is 11.7. The van der Waals surface area contributed by atoms with Gasteiger partial charge >= 0.3 is 5.97 Å². The van der Waals surface area contributed by atoms with E-state index < -0.39 is 28.0 Å². The number of nitrogens with one attached hydrogen (secondary N) is 1. The van der Waals surface area contributed by atoms with Crippen molar-refractivity contribution in [2.75, 3.05) is 0 Å². The van der Waals surface area contributed by atoms with Gasteiger partial charge in [0.25, 0.3) is 0 Å². The maximum absolute atomic E-state index is 12.6. The van der Waals surface area contributed by atoms with Crippen LogP contribution in [0, 0.1) is 0 Å². The molecule has 0 saturated heterocycles. The Hall–Kier alpha value is -1.90. The predicted molar refractivity (Wildman–Crippen MR) is 97.0 cm³/mol. The SMILES string of the molecule is CCC(c1ccc(O)cc1)C(NS(=O)(=O)c1ccccc1Br)C(=O)O. The molecule has 0 amide bonds. The number of rotatable bonds is 7. The van der Waals surface area contributed by atoms with Gasteiger partial charge in [0.15, 0.2) is 0 Å². The molecule has 0 aromatic heterocycles. The van der Waals surface area contributed by atoms with E-state index in [0.717, 1.165) is 0 Å². The van der Waals surface area contributed by atoms with Crippen LogP contribution in [0.3, 0.4) is 0 Å². The number of carbonyl (C=O) groups is 1. The average Bonchev–Trinajstić information content (AvgIpc) is 2.56. The molecule has 3 N–H and O–H groups in total. The molecule has 0 saturated carbocycles. The standard InChI is InChI=1S/C17H18BrNO5S/c1-2-13(11-7-9-12(20)10-8-11)16(17(21)22)19-25(23,24)15-6-4-3-5-14(15)18/h3-10,13,16,19-20H,2H2,1H3,(H,21,22). The Balaban J connectivity index is 2.39. The van der Waals surface area contributed by atoms with Crippen LogP contribution in [0.5, 0.6) is 5.75 Å². The van der Waals surface area contributed by atoms with Gasteiger partial charge in [0.1, 0.15) is 11.8 Å². The molecule has 0 radical (unpaired) electrons. The first-order chi connectivity index (χ1) is 11.8. The molecule has 0 aliphatic rings. The van der Waals surface area contributed by atoms with E-state index in [1.165, 1.54) is 18.2 Å². The minimum Gasteiger partial charge on any atom is -0.508 e. The molecule has 0 spiro atoms. The Morgan fingerprint density at radius 1 is 1.16 bits per heavy atom. The highest BCUT2D eigenvalue weighted by Crippen LogP contribution is 2.28. The Bertz CT molecular complexity index is 852. The van der Waals surface area contributed by atoms with Crippen molar-refractivity contribution in [2.45, 2.75) is 30.2 Å². The van der Waals surface area contributed by atoms with E-state index in [0.29, 0.717) is 16.5 Å². The molecule has 25 heavy (non-hydrogen) atoms. The van der Waals surface area contributed by atoms with Gasteiger partial charge in [-0.25, -0.2) is 8.42 Å². The van der Waals surface area contributed by atoms with Crippen LogP contribution in [0.4, 0.5) is 0 Å². The lowest BCUT2D eigenvalue weighted by Crippen LogP contribution is -2.44. The van der Waals surface area contributed by atoms with Gasteiger partial charge in [-0.2, -0.15) is 4.72 Å². The molecule has 2 atom stereocenters. The lowest BCUT2D eigenvalue weighted by Gasteiger charge is -2.24. The van der Waals surface area contributed by atoms with E-state index in [-0.39, 0.29) is 10.6 Å². The third kappa shape index (κ3) is 4.59. The lowest BCUT2D eigenvalue weighted by molar-refractivity contribution is -0.139. The lowest BCUT2D eigenvalue weighted by atomic mass is 9.89. The van der Waals surface area contributed by atoms with Crippen LogP contribution >= 0.6 is 15.9 Å². The number of sulfonamides is 1. The predicted octanol–water partition coefficient (Wildman–Crippen LogP) is 3.08. The molecule has 6 nitrogen and oxygen atoms in total. The summed E-state index contributed by atoms with van der Waals surface area (Å²) in [6, 6.07) is 10.9. The topological polar surface area (TPSA) is 104 Å². The fourth-order valence-electron chi connectivity index (χ4n) is 2.58. The van der Waals surface area contributed by atoms with Crippen molar-refractivity contribution in [3.8, 4) is 5.75 Å². The second kappa shape index (κ2) is 7.99. The summed E-state index contributed by atoms with van der Waals surface area (Å²) in [7, 11) is -4.03. The van der Waals surface area contributed by atoms with E-state index >= 15 is 0 Å². The first-order valence-corrected chi connectivity index (χ1v) is 9.82. The Morgan fingerprint density at radius 3 is 2.28 bits per heavy atom. The van der Waals surface area contributed by atoms with Crippen LogP contribution in [0.1, 0.15) is 24.8 Å². The Labute approximate surface area is 154 Å². The molecule has 8 heteroatoms. The first kappa shape index (κ1) is 19.4. The summed E-state index contributed by atoms with van der Waals surface area (Å²) in [5.74, 6) is -1.80. The van der Waals surface area contributed by atoms with Crippen molar-refractivity contribution in [3.63, 3.8) is 0 Å². The van der Waals surface area contributed by atoms with Crippen LogP contribution in [-0.4, -0.2) is 30.6 Å². The Kier molecular flexibility index (Phi) is 6.21. The molecule has 0 fully saturated rings. The van der Waals surface area contributed by atoms with Crippen molar-refractivity contribution in [1.29, 1.82) is 0 Å². The van der Waals surface area contributed by atoms with Crippen molar-refractivity contribution in [3.05, 3.63) is 58.6 Å². The summed E-state index contributed by atoms with van der Waals surface area (Å²) in [5, 5.41) is 19.0. The van der Waals surface area contributed by atoms with Gasteiger partial charge in [0, 0.05) is 10.4 Å². The number of carboxylic acids is 1. The normalized spacial score (nSPS) is 14.0. The zero-order valence-corrected chi connectivity index (χ0v) is 15.8. The second-order valence-corrected chi connectivity index (χ2v) is 8.01. The molecule has 134 valence electrons. The van der Waals surface area contributed by atoms with Crippen LogP contribution in [0.25, 0.3) is 0 Å². The van der Waals surface area contributed by atoms with Gasteiger partial charge in [-0.15, -0.1) is 0 Å². The highest BCUT2D eigenvalue weighted by molar-refractivity contribution is 9.10. The largest absolute Gasteiger partial charge is 0.508 e. The van der Waals surface area contributed by atoms with Crippen molar-refractivity contribution < 1.29 is 23.4 Å². The quantitative estimate of drug-likeness (QED) is 0.629. The summed E-state index contributed by atoms with van der Waals surface area (Å²) in [5.41, 5.74) is 0.627. The molecule has 0 bridgehead atoms. The molecular formula is C17H18BrNO5S. The molecule has 0 aliphatic heterocycles. The Morgan fingerprint density at radius 2 is 1.76 bits per heavy atom. The van der Waals surface area contributed by atoms with E-state index in [1.54, 1.807) is 37.3 Å². The molecular weight excluding hydrogens is 410 g/mol. The van der Waals surface area contributed by atoms with Crippen molar-refractivity contribution in [1.82, 2.24) is 4.72 Å². The molecule has 2 aromatic rings. The highest BCUT2D eigenvalue weighted by Gasteiger charge is 2.33. The summed E-state index contributed by atoms with van der Waals surface area (Å²) in [6.07, 6.45) is 0.403. The van der Waals surface area contributed by atoms with Gasteiger partial charge in [-0.05, 0) is 52.2 Å². The van der Waals surface area contributed by atoms with E-state index in [1.807, 2.05) is 0 Å². The fourth-order valence-corrected chi connectivity index (χ4v) is 4.82. The number of hydrogen-bond donors (Lipinski definition) is 3. The maximum Gasteiger partial charge on any atom is 0.322 e. The molecule has 2 aromatic carbocycles. The number of benzene rings is 2. The summed E-state index contributed by atoms with van der Waals surface area (Å²) < 4.78 is 27.9. The minimum absolute atomic E-state index is 0.0261. The van der Waals surface area contributed by atoms with Crippen LogP contribution in [-0.2, 0) is 14.8 Å². The summed E-state index contributed by atoms with van der Waals surface area (Å²) >= 11 is 3.17. The van der Waals surface area contributed by atoms with Crippen LogP contribution in [0.2, 0.25) is 0 Å². The van der Waals surface area contributed by atoms with Gasteiger partial charge < -0.3 is 10.2 Å². The zero-order chi connectivity index (χ0) is 18.6. The first-order valence-electron chi connectivity index (χ1n) is 7.55.